The van der Waals surface area contributed by atoms with Crippen LogP contribution in [0.1, 0.15) is 15.2 Å². The highest BCUT2D eigenvalue weighted by Crippen LogP contribution is 2.31. The number of carbonyl (C=O) groups is 1. The van der Waals surface area contributed by atoms with Gasteiger partial charge in [0.1, 0.15) is 4.21 Å². The standard InChI is InChI=1S/C26H19N3O4S2/c1-17-11-13-18(14-12-17)24-28-26(33-29-24)20-9-5-6-10-21(20)27-25(30)22-15-16-23(34-22)35(31,32)19-7-3-2-4-8-19/h2-16H,1H3,(H,27,30). The first-order chi connectivity index (χ1) is 16.9. The summed E-state index contributed by atoms with van der Waals surface area (Å²) in [7, 11) is -3.70. The average Bonchev–Trinajstić information content (AvgIpc) is 3.57. The van der Waals surface area contributed by atoms with Crippen molar-refractivity contribution >= 4 is 32.8 Å². The van der Waals surface area contributed by atoms with Gasteiger partial charge in [-0.15, -0.1) is 11.3 Å². The Balaban J connectivity index is 1.39. The molecule has 0 aliphatic rings. The van der Waals surface area contributed by atoms with Crippen molar-refractivity contribution in [3.05, 3.63) is 101 Å². The third-order valence-electron chi connectivity index (χ3n) is 5.26. The van der Waals surface area contributed by atoms with Crippen molar-refractivity contribution < 1.29 is 17.7 Å². The van der Waals surface area contributed by atoms with Gasteiger partial charge in [0.25, 0.3) is 11.8 Å². The quantitative estimate of drug-likeness (QED) is 0.313. The Kier molecular flexibility index (Phi) is 6.02. The molecule has 0 bridgehead atoms. The minimum absolute atomic E-state index is 0.0989. The van der Waals surface area contributed by atoms with Gasteiger partial charge in [0.2, 0.25) is 15.7 Å². The van der Waals surface area contributed by atoms with E-state index in [9.17, 15) is 13.2 Å². The van der Waals surface area contributed by atoms with Crippen LogP contribution in [-0.4, -0.2) is 24.5 Å². The zero-order chi connectivity index (χ0) is 24.4. The normalized spacial score (nSPS) is 11.3. The number of rotatable bonds is 6. The number of thiophene rings is 1. The van der Waals surface area contributed by atoms with E-state index in [1.165, 1.54) is 24.3 Å². The lowest BCUT2D eigenvalue weighted by Gasteiger charge is -2.07. The predicted octanol–water partition coefficient (Wildman–Crippen LogP) is 5.86. The summed E-state index contributed by atoms with van der Waals surface area (Å²) in [6.45, 7) is 2.00. The number of nitrogens with one attached hydrogen (secondary N) is 1. The second-order valence-electron chi connectivity index (χ2n) is 7.72. The molecule has 5 rings (SSSR count). The fourth-order valence-electron chi connectivity index (χ4n) is 3.42. The van der Waals surface area contributed by atoms with Crippen molar-refractivity contribution in [2.24, 2.45) is 0 Å². The first-order valence-corrected chi connectivity index (χ1v) is 12.9. The van der Waals surface area contributed by atoms with E-state index < -0.39 is 15.7 Å². The number of aromatic nitrogens is 2. The van der Waals surface area contributed by atoms with E-state index in [1.807, 2.05) is 31.2 Å². The molecule has 0 saturated carbocycles. The van der Waals surface area contributed by atoms with Gasteiger partial charge in [0.05, 0.1) is 21.0 Å². The topological polar surface area (TPSA) is 102 Å². The number of carbonyl (C=O) groups excluding carboxylic acids is 1. The zero-order valence-corrected chi connectivity index (χ0v) is 20.1. The fourth-order valence-corrected chi connectivity index (χ4v) is 6.04. The van der Waals surface area contributed by atoms with E-state index in [1.54, 1.807) is 42.5 Å². The largest absolute Gasteiger partial charge is 0.334 e. The minimum atomic E-state index is -3.70. The van der Waals surface area contributed by atoms with Crippen molar-refractivity contribution in [1.29, 1.82) is 0 Å². The molecule has 0 aliphatic carbocycles. The molecule has 0 aliphatic heterocycles. The van der Waals surface area contributed by atoms with E-state index in [0.29, 0.717) is 17.1 Å². The summed E-state index contributed by atoms with van der Waals surface area (Å²) < 4.78 is 31.3. The van der Waals surface area contributed by atoms with Gasteiger partial charge < -0.3 is 9.84 Å². The molecule has 0 saturated heterocycles. The molecule has 0 radical (unpaired) electrons. The maximum Gasteiger partial charge on any atom is 0.265 e. The van der Waals surface area contributed by atoms with Crippen LogP contribution >= 0.6 is 11.3 Å². The third kappa shape index (κ3) is 4.64. The summed E-state index contributed by atoms with van der Waals surface area (Å²) in [4.78, 5) is 17.9. The Bertz CT molecular complexity index is 1610. The molecule has 0 spiro atoms. The molecular weight excluding hydrogens is 482 g/mol. The maximum absolute atomic E-state index is 13.0. The Morgan fingerprint density at radius 1 is 0.886 bits per heavy atom. The number of benzene rings is 3. The number of hydrogen-bond donors (Lipinski definition) is 1. The Morgan fingerprint density at radius 2 is 1.60 bits per heavy atom. The van der Waals surface area contributed by atoms with Gasteiger partial charge in [-0.05, 0) is 43.3 Å². The first-order valence-electron chi connectivity index (χ1n) is 10.6. The number of aryl methyl sites for hydroxylation is 1. The summed E-state index contributed by atoms with van der Waals surface area (Å²) in [6, 6.07) is 25.9. The van der Waals surface area contributed by atoms with E-state index in [2.05, 4.69) is 15.5 Å². The van der Waals surface area contributed by atoms with Crippen LogP contribution in [0.25, 0.3) is 22.8 Å². The fraction of sp³-hybridized carbons (Fsp3) is 0.0385. The molecule has 0 atom stereocenters. The smallest absolute Gasteiger partial charge is 0.265 e. The van der Waals surface area contributed by atoms with E-state index >= 15 is 0 Å². The predicted molar refractivity (Wildman–Crippen MR) is 134 cm³/mol. The molecular formula is C26H19N3O4S2. The van der Waals surface area contributed by atoms with Crippen LogP contribution in [0.2, 0.25) is 0 Å². The van der Waals surface area contributed by atoms with Crippen LogP contribution in [0.15, 0.2) is 105 Å². The summed E-state index contributed by atoms with van der Waals surface area (Å²) in [6.07, 6.45) is 0. The summed E-state index contributed by atoms with van der Waals surface area (Å²) in [5, 5.41) is 6.90. The highest BCUT2D eigenvalue weighted by Gasteiger charge is 2.22. The lowest BCUT2D eigenvalue weighted by Crippen LogP contribution is -2.11. The molecule has 1 N–H and O–H groups in total. The van der Waals surface area contributed by atoms with Crippen LogP contribution in [0.5, 0.6) is 0 Å². The lowest BCUT2D eigenvalue weighted by molar-refractivity contribution is 0.103. The number of nitrogens with zero attached hydrogens (tertiary/aromatic N) is 2. The molecule has 174 valence electrons. The summed E-state index contributed by atoms with van der Waals surface area (Å²) in [5.41, 5.74) is 2.97. The van der Waals surface area contributed by atoms with Crippen LogP contribution in [-0.2, 0) is 9.84 Å². The van der Waals surface area contributed by atoms with Crippen molar-refractivity contribution in [3.63, 3.8) is 0 Å². The second kappa shape index (κ2) is 9.28. The van der Waals surface area contributed by atoms with Gasteiger partial charge in [-0.2, -0.15) is 4.98 Å². The Hall–Kier alpha value is -4.08. The molecule has 0 unspecified atom stereocenters. The first kappa shape index (κ1) is 22.7. The molecule has 1 amide bonds. The van der Waals surface area contributed by atoms with Crippen molar-refractivity contribution in [3.8, 4) is 22.8 Å². The highest BCUT2D eigenvalue weighted by molar-refractivity contribution is 7.93. The van der Waals surface area contributed by atoms with E-state index in [4.69, 9.17) is 4.52 Å². The SMILES string of the molecule is Cc1ccc(-c2noc(-c3ccccc3NC(=O)c3ccc(S(=O)(=O)c4ccccc4)s3)n2)cc1. The number of anilines is 1. The van der Waals surface area contributed by atoms with Crippen LogP contribution in [0.3, 0.4) is 0 Å². The Labute approximate surface area is 206 Å². The van der Waals surface area contributed by atoms with E-state index in [0.717, 1.165) is 22.5 Å². The molecule has 5 aromatic rings. The number of amides is 1. The van der Waals surface area contributed by atoms with Gasteiger partial charge >= 0.3 is 0 Å². The molecule has 0 fully saturated rings. The zero-order valence-electron chi connectivity index (χ0n) is 18.5. The van der Waals surface area contributed by atoms with Crippen LogP contribution in [0, 0.1) is 6.92 Å². The monoisotopic (exact) mass is 501 g/mol. The average molecular weight is 502 g/mol. The van der Waals surface area contributed by atoms with Gasteiger partial charge in [-0.3, -0.25) is 4.79 Å². The lowest BCUT2D eigenvalue weighted by atomic mass is 10.1. The van der Waals surface area contributed by atoms with Gasteiger partial charge in [0.15, 0.2) is 0 Å². The van der Waals surface area contributed by atoms with Crippen molar-refractivity contribution in [2.75, 3.05) is 5.32 Å². The molecule has 35 heavy (non-hydrogen) atoms. The third-order valence-corrected chi connectivity index (χ3v) is 8.61. The maximum atomic E-state index is 13.0. The highest BCUT2D eigenvalue weighted by atomic mass is 32.2. The van der Waals surface area contributed by atoms with Gasteiger partial charge in [0, 0.05) is 5.56 Å². The van der Waals surface area contributed by atoms with Crippen LogP contribution in [0.4, 0.5) is 5.69 Å². The summed E-state index contributed by atoms with van der Waals surface area (Å²) >= 11 is 0.915. The number of para-hydroxylation sites is 1. The van der Waals surface area contributed by atoms with Gasteiger partial charge in [-0.1, -0.05) is 65.3 Å². The molecule has 7 nitrogen and oxygen atoms in total. The summed E-state index contributed by atoms with van der Waals surface area (Å²) in [5.74, 6) is 0.264. The number of sulfone groups is 1. The second-order valence-corrected chi connectivity index (χ2v) is 11.0. The van der Waals surface area contributed by atoms with Crippen molar-refractivity contribution in [2.45, 2.75) is 16.0 Å². The van der Waals surface area contributed by atoms with Crippen LogP contribution < -0.4 is 5.32 Å². The Morgan fingerprint density at radius 3 is 2.37 bits per heavy atom. The van der Waals surface area contributed by atoms with Crippen molar-refractivity contribution in [1.82, 2.24) is 10.1 Å². The molecule has 9 heteroatoms. The molecule has 2 aromatic heterocycles. The van der Waals surface area contributed by atoms with E-state index in [-0.39, 0.29) is 19.9 Å². The van der Waals surface area contributed by atoms with Gasteiger partial charge in [-0.25, -0.2) is 8.42 Å². The minimum Gasteiger partial charge on any atom is -0.334 e. The number of hydrogen-bond acceptors (Lipinski definition) is 7. The molecule has 2 heterocycles. The molecule has 3 aromatic carbocycles.